The minimum absolute atomic E-state index is 0.226. The van der Waals surface area contributed by atoms with Gasteiger partial charge in [-0.1, -0.05) is 22.0 Å². The van der Waals surface area contributed by atoms with Crippen LogP contribution in [-0.2, 0) is 9.53 Å². The van der Waals surface area contributed by atoms with E-state index in [2.05, 4.69) is 15.9 Å². The number of benzene rings is 1. The molecule has 0 amide bonds. The van der Waals surface area contributed by atoms with E-state index in [-0.39, 0.29) is 12.6 Å². The third-order valence-corrected chi connectivity index (χ3v) is 3.70. The number of carbonyl (C=O) groups is 1. The lowest BCUT2D eigenvalue weighted by atomic mass is 10.3. The Morgan fingerprint density at radius 1 is 1.20 bits per heavy atom. The molecular weight excluding hydrogens is 340 g/mol. The normalized spacial score (nSPS) is 10.7. The molecule has 2 rings (SSSR count). The smallest absolute Gasteiger partial charge is 0.330 e. The van der Waals surface area contributed by atoms with Gasteiger partial charge in [-0.05, 0) is 41.8 Å². The molecule has 0 fully saturated rings. The van der Waals surface area contributed by atoms with E-state index in [1.165, 1.54) is 6.08 Å². The van der Waals surface area contributed by atoms with Crippen molar-refractivity contribution in [3.8, 4) is 5.75 Å². The first kappa shape index (κ1) is 14.8. The maximum atomic E-state index is 11.4. The maximum Gasteiger partial charge on any atom is 0.330 e. The SMILES string of the molecule is O=C(C=Cc1cccs1)OCCOc1ccc(Br)cc1. The van der Waals surface area contributed by atoms with Crippen LogP contribution in [0.5, 0.6) is 5.75 Å². The topological polar surface area (TPSA) is 35.5 Å². The molecule has 0 radical (unpaired) electrons. The van der Waals surface area contributed by atoms with Crippen molar-refractivity contribution in [2.45, 2.75) is 0 Å². The van der Waals surface area contributed by atoms with Crippen molar-refractivity contribution in [1.82, 2.24) is 0 Å². The van der Waals surface area contributed by atoms with Crippen molar-refractivity contribution in [3.05, 3.63) is 57.2 Å². The Morgan fingerprint density at radius 2 is 2.00 bits per heavy atom. The van der Waals surface area contributed by atoms with E-state index in [0.717, 1.165) is 15.1 Å². The molecule has 0 saturated carbocycles. The Morgan fingerprint density at radius 3 is 2.70 bits per heavy atom. The molecule has 0 aliphatic rings. The number of esters is 1. The third kappa shape index (κ3) is 5.19. The molecule has 1 aromatic heterocycles. The summed E-state index contributed by atoms with van der Waals surface area (Å²) < 4.78 is 11.5. The van der Waals surface area contributed by atoms with Crippen LogP contribution in [0.2, 0.25) is 0 Å². The fourth-order valence-electron chi connectivity index (χ4n) is 1.42. The molecule has 0 N–H and O–H groups in total. The maximum absolute atomic E-state index is 11.4. The van der Waals surface area contributed by atoms with Crippen LogP contribution < -0.4 is 4.74 Å². The molecule has 2 aromatic rings. The van der Waals surface area contributed by atoms with Crippen molar-refractivity contribution in [3.63, 3.8) is 0 Å². The Labute approximate surface area is 130 Å². The van der Waals surface area contributed by atoms with Gasteiger partial charge in [-0.15, -0.1) is 11.3 Å². The lowest BCUT2D eigenvalue weighted by molar-refractivity contribution is -0.138. The molecule has 20 heavy (non-hydrogen) atoms. The first-order valence-corrected chi connectivity index (χ1v) is 7.68. The third-order valence-electron chi connectivity index (χ3n) is 2.34. The van der Waals surface area contributed by atoms with Crippen molar-refractivity contribution in [2.75, 3.05) is 13.2 Å². The van der Waals surface area contributed by atoms with Crippen molar-refractivity contribution < 1.29 is 14.3 Å². The van der Waals surface area contributed by atoms with Crippen LogP contribution >= 0.6 is 27.3 Å². The molecule has 0 saturated heterocycles. The summed E-state index contributed by atoms with van der Waals surface area (Å²) in [5.74, 6) is 0.385. The van der Waals surface area contributed by atoms with E-state index < -0.39 is 0 Å². The molecule has 0 bridgehead atoms. The summed E-state index contributed by atoms with van der Waals surface area (Å²) in [7, 11) is 0. The van der Waals surface area contributed by atoms with E-state index >= 15 is 0 Å². The molecule has 0 aliphatic heterocycles. The molecule has 104 valence electrons. The molecule has 1 heterocycles. The van der Waals surface area contributed by atoms with Gasteiger partial charge in [0.1, 0.15) is 19.0 Å². The average Bonchev–Trinajstić information content (AvgIpc) is 2.96. The van der Waals surface area contributed by atoms with E-state index in [4.69, 9.17) is 9.47 Å². The second-order valence-corrected chi connectivity index (χ2v) is 5.71. The van der Waals surface area contributed by atoms with Crippen LogP contribution in [0.4, 0.5) is 0 Å². The molecule has 3 nitrogen and oxygen atoms in total. The predicted octanol–water partition coefficient (Wildman–Crippen LogP) is 4.15. The van der Waals surface area contributed by atoms with Crippen molar-refractivity contribution in [2.24, 2.45) is 0 Å². The number of halogens is 1. The summed E-state index contributed by atoms with van der Waals surface area (Å²) in [6.07, 6.45) is 3.16. The fraction of sp³-hybridized carbons (Fsp3) is 0.133. The van der Waals surface area contributed by atoms with Gasteiger partial charge in [0.2, 0.25) is 0 Å². The number of carbonyl (C=O) groups excluding carboxylic acids is 1. The molecule has 1 aromatic carbocycles. The Kier molecular flexibility index (Phi) is 5.83. The van der Waals surface area contributed by atoms with Crippen molar-refractivity contribution in [1.29, 1.82) is 0 Å². The van der Waals surface area contributed by atoms with E-state index in [1.807, 2.05) is 41.8 Å². The lowest BCUT2D eigenvalue weighted by Gasteiger charge is -2.06. The van der Waals surface area contributed by atoms with Gasteiger partial charge in [-0.2, -0.15) is 0 Å². The first-order chi connectivity index (χ1) is 9.74. The van der Waals surface area contributed by atoms with Gasteiger partial charge in [0.15, 0.2) is 0 Å². The number of thiophene rings is 1. The van der Waals surface area contributed by atoms with Crippen LogP contribution in [-0.4, -0.2) is 19.2 Å². The Bertz CT molecular complexity index is 561. The van der Waals surface area contributed by atoms with Crippen LogP contribution in [0, 0.1) is 0 Å². The predicted molar refractivity (Wildman–Crippen MR) is 83.9 cm³/mol. The van der Waals surface area contributed by atoms with Gasteiger partial charge in [0, 0.05) is 15.4 Å². The average molecular weight is 353 g/mol. The van der Waals surface area contributed by atoms with Gasteiger partial charge in [-0.25, -0.2) is 4.79 Å². The summed E-state index contributed by atoms with van der Waals surface area (Å²) in [5, 5.41) is 1.96. The highest BCUT2D eigenvalue weighted by atomic mass is 79.9. The van der Waals surface area contributed by atoms with Gasteiger partial charge < -0.3 is 9.47 Å². The van der Waals surface area contributed by atoms with E-state index in [1.54, 1.807) is 17.4 Å². The number of rotatable bonds is 6. The van der Waals surface area contributed by atoms with Crippen LogP contribution in [0.25, 0.3) is 6.08 Å². The second-order valence-electron chi connectivity index (χ2n) is 3.82. The summed E-state index contributed by atoms with van der Waals surface area (Å²) in [6.45, 7) is 0.559. The van der Waals surface area contributed by atoms with Gasteiger partial charge in [-0.3, -0.25) is 0 Å². The van der Waals surface area contributed by atoms with E-state index in [0.29, 0.717) is 6.61 Å². The second kappa shape index (κ2) is 7.87. The molecule has 0 aliphatic carbocycles. The zero-order valence-electron chi connectivity index (χ0n) is 10.6. The minimum atomic E-state index is -0.363. The van der Waals surface area contributed by atoms with Crippen LogP contribution in [0.3, 0.4) is 0 Å². The number of hydrogen-bond acceptors (Lipinski definition) is 4. The molecular formula is C15H13BrO3S. The summed E-state index contributed by atoms with van der Waals surface area (Å²) in [4.78, 5) is 12.4. The van der Waals surface area contributed by atoms with Gasteiger partial charge in [0.25, 0.3) is 0 Å². The number of ether oxygens (including phenoxy) is 2. The largest absolute Gasteiger partial charge is 0.490 e. The highest BCUT2D eigenvalue weighted by molar-refractivity contribution is 9.10. The first-order valence-electron chi connectivity index (χ1n) is 6.01. The summed E-state index contributed by atoms with van der Waals surface area (Å²) in [5.41, 5.74) is 0. The summed E-state index contributed by atoms with van der Waals surface area (Å²) in [6, 6.07) is 11.4. The molecule has 0 unspecified atom stereocenters. The highest BCUT2D eigenvalue weighted by Gasteiger charge is 1.98. The standard InChI is InChI=1S/C15H13BrO3S/c16-12-3-5-13(6-4-12)18-9-10-19-15(17)8-7-14-2-1-11-20-14/h1-8,11H,9-10H2. The van der Waals surface area contributed by atoms with E-state index in [9.17, 15) is 4.79 Å². The zero-order valence-corrected chi connectivity index (χ0v) is 13.0. The Hall–Kier alpha value is -1.59. The molecule has 0 spiro atoms. The Balaban J connectivity index is 1.65. The molecule has 0 atom stereocenters. The van der Waals surface area contributed by atoms with Crippen molar-refractivity contribution >= 4 is 39.3 Å². The zero-order chi connectivity index (χ0) is 14.2. The highest BCUT2D eigenvalue weighted by Crippen LogP contribution is 2.15. The fourth-order valence-corrected chi connectivity index (χ4v) is 2.30. The lowest BCUT2D eigenvalue weighted by Crippen LogP contribution is -2.10. The van der Waals surface area contributed by atoms with Gasteiger partial charge >= 0.3 is 5.97 Å². The summed E-state index contributed by atoms with van der Waals surface area (Å²) >= 11 is 4.92. The van der Waals surface area contributed by atoms with Gasteiger partial charge in [0.05, 0.1) is 0 Å². The molecule has 5 heteroatoms. The quantitative estimate of drug-likeness (QED) is 0.445. The monoisotopic (exact) mass is 352 g/mol. The minimum Gasteiger partial charge on any atom is -0.490 e. The van der Waals surface area contributed by atoms with Crippen LogP contribution in [0.15, 0.2) is 52.3 Å². The van der Waals surface area contributed by atoms with Crippen LogP contribution in [0.1, 0.15) is 4.88 Å². The number of hydrogen-bond donors (Lipinski definition) is 0.